The third-order valence-electron chi connectivity index (χ3n) is 9.86. The van der Waals surface area contributed by atoms with E-state index in [-0.39, 0.29) is 35.8 Å². The van der Waals surface area contributed by atoms with Gasteiger partial charge >= 0.3 is 0 Å². The number of H-pyrrole nitrogens is 1. The van der Waals surface area contributed by atoms with Gasteiger partial charge in [-0.3, -0.25) is 14.4 Å². The molecule has 204 valence electrons. The molecule has 1 saturated carbocycles. The molecular weight excluding hydrogens is 492 g/mol. The van der Waals surface area contributed by atoms with Crippen LogP contribution < -0.4 is 5.32 Å². The van der Waals surface area contributed by atoms with Crippen molar-refractivity contribution in [3.05, 3.63) is 72.0 Å². The van der Waals surface area contributed by atoms with E-state index in [9.17, 15) is 19.5 Å². The third kappa shape index (κ3) is 3.81. The number of allylic oxidation sites excluding steroid dienone is 3. The average molecular weight is 529 g/mol. The Morgan fingerprint density at radius 3 is 2.69 bits per heavy atom. The highest BCUT2D eigenvalue weighted by molar-refractivity contribution is 6.15. The second-order valence-corrected chi connectivity index (χ2v) is 12.1. The molecule has 9 atom stereocenters. The van der Waals surface area contributed by atoms with E-state index in [1.807, 2.05) is 49.5 Å². The van der Waals surface area contributed by atoms with E-state index in [0.29, 0.717) is 18.4 Å². The number of epoxide rings is 1. The summed E-state index contributed by atoms with van der Waals surface area (Å²) in [4.78, 5) is 44.5. The molecular formula is C32H36N2O5. The predicted molar refractivity (Wildman–Crippen MR) is 148 cm³/mol. The number of aliphatic hydroxyl groups excluding tert-OH is 1. The lowest BCUT2D eigenvalue weighted by Crippen LogP contribution is -2.58. The van der Waals surface area contributed by atoms with Gasteiger partial charge in [0.05, 0.1) is 11.7 Å². The quantitative estimate of drug-likeness (QED) is 0.312. The molecule has 3 heterocycles. The third-order valence-corrected chi connectivity index (χ3v) is 9.86. The van der Waals surface area contributed by atoms with Gasteiger partial charge in [0.15, 0.2) is 11.6 Å². The number of carbonyl (C=O) groups excluding carboxylic acids is 3. The zero-order chi connectivity index (χ0) is 27.7. The van der Waals surface area contributed by atoms with Crippen LogP contribution in [0.4, 0.5) is 0 Å². The number of rotatable bonds is 2. The van der Waals surface area contributed by atoms with E-state index in [1.165, 1.54) is 6.08 Å². The van der Waals surface area contributed by atoms with Crippen molar-refractivity contribution in [1.82, 2.24) is 10.3 Å². The number of carbonyl (C=O) groups is 3. The number of ketones is 2. The van der Waals surface area contributed by atoms with Crippen LogP contribution in [0, 0.1) is 29.1 Å². The van der Waals surface area contributed by atoms with Gasteiger partial charge in [0, 0.05) is 35.0 Å². The molecule has 7 nitrogen and oxygen atoms in total. The van der Waals surface area contributed by atoms with Crippen LogP contribution in [-0.4, -0.2) is 51.4 Å². The Hall–Kier alpha value is -3.29. The SMILES string of the molecule is C/C1=C/[C@@H](C)C/C=C\C2[C@@H]3O[C@]3(C)[C@@H](C)[C@H]3[C@H](Cc4c[nH]c5ccccc45)NC(=O)[C@@]23C(=O)/C=C\C(=O)[C@@H]1O. The van der Waals surface area contributed by atoms with Crippen molar-refractivity contribution in [3.63, 3.8) is 0 Å². The van der Waals surface area contributed by atoms with Crippen molar-refractivity contribution in [1.29, 1.82) is 0 Å². The number of aliphatic hydroxyl groups is 1. The molecule has 2 aliphatic heterocycles. The van der Waals surface area contributed by atoms with Crippen molar-refractivity contribution >= 4 is 28.4 Å². The summed E-state index contributed by atoms with van der Waals surface area (Å²) in [6.45, 7) is 7.90. The summed E-state index contributed by atoms with van der Waals surface area (Å²) in [5.41, 5.74) is 0.805. The molecule has 0 bridgehead atoms. The highest BCUT2D eigenvalue weighted by Crippen LogP contribution is 2.66. The summed E-state index contributed by atoms with van der Waals surface area (Å²) in [6, 6.07) is 7.77. The Bertz CT molecular complexity index is 1450. The maximum atomic E-state index is 14.2. The van der Waals surface area contributed by atoms with Crippen molar-refractivity contribution in [3.8, 4) is 0 Å². The van der Waals surface area contributed by atoms with Gasteiger partial charge in [0.25, 0.3) is 0 Å². The van der Waals surface area contributed by atoms with Crippen LogP contribution in [0.5, 0.6) is 0 Å². The largest absolute Gasteiger partial charge is 0.381 e. The molecule has 0 radical (unpaired) electrons. The summed E-state index contributed by atoms with van der Waals surface area (Å²) in [6.07, 6.45) is 9.89. The summed E-state index contributed by atoms with van der Waals surface area (Å²) >= 11 is 0. The molecule has 3 fully saturated rings. The van der Waals surface area contributed by atoms with Crippen molar-refractivity contribution in [2.24, 2.45) is 29.1 Å². The van der Waals surface area contributed by atoms with Gasteiger partial charge in [0.1, 0.15) is 11.5 Å². The van der Waals surface area contributed by atoms with E-state index in [1.54, 1.807) is 6.92 Å². The number of aromatic amines is 1. The summed E-state index contributed by atoms with van der Waals surface area (Å²) in [7, 11) is 0. The molecule has 1 aromatic carbocycles. The first-order valence-corrected chi connectivity index (χ1v) is 13.9. The molecule has 3 N–H and O–H groups in total. The molecule has 39 heavy (non-hydrogen) atoms. The predicted octanol–water partition coefficient (Wildman–Crippen LogP) is 3.83. The Kier molecular flexibility index (Phi) is 6.08. The number of amides is 1. The number of ether oxygens (including phenoxy) is 1. The fraction of sp³-hybridized carbons (Fsp3) is 0.469. The number of fused-ring (bicyclic) bond motifs is 3. The first-order chi connectivity index (χ1) is 18.6. The summed E-state index contributed by atoms with van der Waals surface area (Å²) < 4.78 is 6.33. The Morgan fingerprint density at radius 2 is 1.90 bits per heavy atom. The fourth-order valence-electron chi connectivity index (χ4n) is 7.66. The van der Waals surface area contributed by atoms with E-state index in [0.717, 1.165) is 22.5 Å². The van der Waals surface area contributed by atoms with E-state index >= 15 is 0 Å². The Balaban J connectivity index is 1.46. The summed E-state index contributed by atoms with van der Waals surface area (Å²) in [5, 5.41) is 14.9. The molecule has 4 aliphatic rings. The number of nitrogens with one attached hydrogen (secondary N) is 2. The first-order valence-electron chi connectivity index (χ1n) is 13.9. The van der Waals surface area contributed by atoms with Crippen LogP contribution >= 0.6 is 0 Å². The zero-order valence-electron chi connectivity index (χ0n) is 22.8. The monoisotopic (exact) mass is 528 g/mol. The maximum absolute atomic E-state index is 14.2. The Labute approximate surface area is 228 Å². The number of benzene rings is 1. The molecule has 1 amide bonds. The second-order valence-electron chi connectivity index (χ2n) is 12.1. The lowest BCUT2D eigenvalue weighted by molar-refractivity contribution is -0.145. The minimum Gasteiger partial charge on any atom is -0.381 e. The van der Waals surface area contributed by atoms with Crippen LogP contribution in [0.25, 0.3) is 10.9 Å². The molecule has 2 saturated heterocycles. The highest BCUT2D eigenvalue weighted by Gasteiger charge is 2.78. The lowest BCUT2D eigenvalue weighted by atomic mass is 9.51. The smallest absolute Gasteiger partial charge is 0.235 e. The van der Waals surface area contributed by atoms with Gasteiger partial charge in [-0.15, -0.1) is 0 Å². The number of hydrogen-bond donors (Lipinski definition) is 3. The lowest BCUT2D eigenvalue weighted by Gasteiger charge is -2.45. The number of hydrogen-bond acceptors (Lipinski definition) is 5. The van der Waals surface area contributed by atoms with Crippen LogP contribution in [0.1, 0.15) is 39.7 Å². The van der Waals surface area contributed by atoms with Crippen LogP contribution in [0.15, 0.2) is 66.4 Å². The van der Waals surface area contributed by atoms with Gasteiger partial charge in [-0.2, -0.15) is 0 Å². The second kappa shape index (κ2) is 9.14. The standard InChI is InChI=1S/C32H36N2O5/c1-17-8-7-10-22-29-31(4,39-29)19(3)27-24(15-20-16-33-23-11-6-5-9-21(20)23)34-30(38)32(22,27)26(36)13-12-25(35)28(37)18(2)14-17/h5-7,9-14,16-17,19,22,24,27-29,33,37H,8,15H2,1-4H3,(H,34,38)/b10-7-,13-12-,18-14-/t17-,19-,22?,24-,27-,28+,29-,31+,32+/m0/s1. The first kappa shape index (κ1) is 26.0. The molecule has 7 heteroatoms. The minimum atomic E-state index is -1.41. The molecule has 1 unspecified atom stereocenters. The van der Waals surface area contributed by atoms with E-state index < -0.39 is 34.6 Å². The van der Waals surface area contributed by atoms with Crippen LogP contribution in [0.2, 0.25) is 0 Å². The molecule has 6 rings (SSSR count). The fourth-order valence-corrected chi connectivity index (χ4v) is 7.66. The highest BCUT2D eigenvalue weighted by atomic mass is 16.6. The van der Waals surface area contributed by atoms with Gasteiger partial charge in [0.2, 0.25) is 5.91 Å². The number of para-hydroxylation sites is 1. The molecule has 2 aliphatic carbocycles. The molecule has 1 aromatic heterocycles. The number of aromatic nitrogens is 1. The molecule has 1 spiro atoms. The van der Waals surface area contributed by atoms with E-state index in [4.69, 9.17) is 4.74 Å². The Morgan fingerprint density at radius 1 is 1.13 bits per heavy atom. The molecule has 2 aromatic rings. The maximum Gasteiger partial charge on any atom is 0.235 e. The topological polar surface area (TPSA) is 112 Å². The van der Waals surface area contributed by atoms with Gasteiger partial charge in [-0.05, 0) is 67.9 Å². The van der Waals surface area contributed by atoms with Crippen LogP contribution in [0.3, 0.4) is 0 Å². The zero-order valence-corrected chi connectivity index (χ0v) is 22.8. The van der Waals surface area contributed by atoms with E-state index in [2.05, 4.69) is 30.2 Å². The van der Waals surface area contributed by atoms with Gasteiger partial charge in [-0.1, -0.05) is 50.3 Å². The van der Waals surface area contributed by atoms with Gasteiger partial charge < -0.3 is 20.1 Å². The van der Waals surface area contributed by atoms with Crippen molar-refractivity contribution < 1.29 is 24.2 Å². The van der Waals surface area contributed by atoms with Crippen molar-refractivity contribution in [2.75, 3.05) is 0 Å². The minimum absolute atomic E-state index is 0.0666. The average Bonchev–Trinajstić information content (AvgIpc) is 3.31. The normalized spacial score (nSPS) is 43.1. The summed E-state index contributed by atoms with van der Waals surface area (Å²) in [5.74, 6) is -2.11. The van der Waals surface area contributed by atoms with Crippen LogP contribution in [-0.2, 0) is 25.5 Å². The van der Waals surface area contributed by atoms with Crippen molar-refractivity contribution in [2.45, 2.75) is 64.4 Å². The van der Waals surface area contributed by atoms with Gasteiger partial charge in [-0.25, -0.2) is 0 Å².